The zero-order chi connectivity index (χ0) is 15.1. The smallest absolute Gasteiger partial charge is 0.260 e. The van der Waals surface area contributed by atoms with E-state index in [1.165, 1.54) is 11.3 Å². The minimum atomic E-state index is -0.0760. The molecular weight excluding hydrogens is 312 g/mol. The fraction of sp³-hybridized carbons (Fsp3) is 0.0588. The van der Waals surface area contributed by atoms with E-state index in [0.29, 0.717) is 11.2 Å². The molecular formula is C17H12N2OS2. The number of aryl methyl sites for hydroxylation is 1. The molecule has 108 valence electrons. The van der Waals surface area contributed by atoms with Gasteiger partial charge in [-0.1, -0.05) is 30.3 Å². The van der Waals surface area contributed by atoms with Crippen LogP contribution in [0.1, 0.15) is 5.56 Å². The maximum atomic E-state index is 12.6. The average Bonchev–Trinajstić information content (AvgIpc) is 3.16. The fourth-order valence-corrected chi connectivity index (χ4v) is 4.29. The van der Waals surface area contributed by atoms with E-state index in [9.17, 15) is 4.79 Å². The lowest BCUT2D eigenvalue weighted by Crippen LogP contribution is -2.09. The largest absolute Gasteiger partial charge is 0.306 e. The Balaban J connectivity index is 1.97. The van der Waals surface area contributed by atoms with Crippen molar-refractivity contribution in [3.8, 4) is 21.8 Å². The molecule has 0 bridgehead atoms. The number of fused-ring (bicyclic) bond motifs is 1. The summed E-state index contributed by atoms with van der Waals surface area (Å²) in [7, 11) is 0. The lowest BCUT2D eigenvalue weighted by molar-refractivity contribution is 1.18. The Kier molecular flexibility index (Phi) is 3.17. The van der Waals surface area contributed by atoms with E-state index < -0.39 is 0 Å². The van der Waals surface area contributed by atoms with E-state index >= 15 is 0 Å². The maximum Gasteiger partial charge on any atom is 0.260 e. The van der Waals surface area contributed by atoms with E-state index in [-0.39, 0.29) is 5.56 Å². The van der Waals surface area contributed by atoms with Crippen molar-refractivity contribution in [3.05, 3.63) is 63.1 Å². The molecule has 0 aliphatic rings. The van der Waals surface area contributed by atoms with Crippen molar-refractivity contribution < 1.29 is 0 Å². The highest BCUT2D eigenvalue weighted by Gasteiger charge is 2.14. The zero-order valence-corrected chi connectivity index (χ0v) is 13.4. The number of H-pyrrole nitrogens is 1. The summed E-state index contributed by atoms with van der Waals surface area (Å²) in [6, 6.07) is 12.0. The monoisotopic (exact) mass is 324 g/mol. The first-order valence-electron chi connectivity index (χ1n) is 6.85. The summed E-state index contributed by atoms with van der Waals surface area (Å²) in [4.78, 5) is 22.1. The molecule has 0 spiro atoms. The Hall–Kier alpha value is -2.24. The van der Waals surface area contributed by atoms with Crippen molar-refractivity contribution in [2.45, 2.75) is 6.92 Å². The Bertz CT molecular complexity index is 1010. The molecule has 0 aliphatic heterocycles. The highest BCUT2D eigenvalue weighted by Crippen LogP contribution is 2.34. The highest BCUT2D eigenvalue weighted by atomic mass is 32.1. The molecule has 22 heavy (non-hydrogen) atoms. The van der Waals surface area contributed by atoms with Crippen molar-refractivity contribution in [1.82, 2.24) is 9.97 Å². The molecule has 0 fully saturated rings. The second kappa shape index (κ2) is 5.19. The third kappa shape index (κ3) is 2.10. The quantitative estimate of drug-likeness (QED) is 0.581. The first-order chi connectivity index (χ1) is 10.7. The van der Waals surface area contributed by atoms with Gasteiger partial charge in [0.05, 0.1) is 5.39 Å². The Morgan fingerprint density at radius 3 is 2.68 bits per heavy atom. The average molecular weight is 324 g/mol. The van der Waals surface area contributed by atoms with Gasteiger partial charge in [-0.05, 0) is 23.9 Å². The first-order valence-corrected chi connectivity index (χ1v) is 8.61. The normalized spacial score (nSPS) is 11.1. The van der Waals surface area contributed by atoms with Crippen LogP contribution in [0.5, 0.6) is 0 Å². The fourth-order valence-electron chi connectivity index (χ4n) is 2.53. The maximum absolute atomic E-state index is 12.6. The predicted octanol–water partition coefficient (Wildman–Crippen LogP) is 4.69. The summed E-state index contributed by atoms with van der Waals surface area (Å²) in [5.41, 5.74) is 2.96. The summed E-state index contributed by atoms with van der Waals surface area (Å²) in [5, 5.41) is 4.72. The van der Waals surface area contributed by atoms with Crippen LogP contribution in [-0.4, -0.2) is 9.97 Å². The molecule has 3 aromatic heterocycles. The number of nitrogens with one attached hydrogen (secondary N) is 1. The van der Waals surface area contributed by atoms with Crippen molar-refractivity contribution in [2.75, 3.05) is 0 Å². The van der Waals surface area contributed by atoms with Crippen LogP contribution < -0.4 is 5.56 Å². The van der Waals surface area contributed by atoms with E-state index in [1.807, 2.05) is 54.1 Å². The lowest BCUT2D eigenvalue weighted by Gasteiger charge is -2.04. The Morgan fingerprint density at radius 2 is 1.91 bits per heavy atom. The van der Waals surface area contributed by atoms with E-state index in [1.54, 1.807) is 11.3 Å². The number of nitrogens with zero attached hydrogens (tertiary/aromatic N) is 1. The molecule has 1 N–H and O–H groups in total. The summed E-state index contributed by atoms with van der Waals surface area (Å²) < 4.78 is 0. The summed E-state index contributed by atoms with van der Waals surface area (Å²) in [6.07, 6.45) is 0. The third-order valence-electron chi connectivity index (χ3n) is 3.63. The standard InChI is InChI=1S/C17H12N2OS2/c1-10-5-2-3-6-11(10)15-18-16(20)14-12(9-22-17(14)19-15)13-7-4-8-21-13/h2-9H,1H3,(H,18,19,20). The molecule has 1 aromatic carbocycles. The Morgan fingerprint density at radius 1 is 1.05 bits per heavy atom. The molecule has 5 heteroatoms. The molecule has 0 radical (unpaired) electrons. The highest BCUT2D eigenvalue weighted by molar-refractivity contribution is 7.18. The molecule has 0 amide bonds. The second-order valence-corrected chi connectivity index (χ2v) is 6.84. The summed E-state index contributed by atoms with van der Waals surface area (Å²) in [5.74, 6) is 0.634. The van der Waals surface area contributed by atoms with Crippen LogP contribution in [0.25, 0.3) is 32.0 Å². The van der Waals surface area contributed by atoms with Gasteiger partial charge in [0.1, 0.15) is 10.7 Å². The van der Waals surface area contributed by atoms with Crippen LogP contribution in [0.15, 0.2) is 52.0 Å². The third-order valence-corrected chi connectivity index (χ3v) is 5.41. The Labute approximate surface area is 134 Å². The minimum Gasteiger partial charge on any atom is -0.306 e. The van der Waals surface area contributed by atoms with Crippen LogP contribution in [0.2, 0.25) is 0 Å². The molecule has 0 atom stereocenters. The molecule has 3 nitrogen and oxygen atoms in total. The van der Waals surface area contributed by atoms with Gasteiger partial charge in [-0.25, -0.2) is 4.98 Å². The number of hydrogen-bond donors (Lipinski definition) is 1. The number of rotatable bonds is 2. The predicted molar refractivity (Wildman–Crippen MR) is 93.7 cm³/mol. The minimum absolute atomic E-state index is 0.0760. The van der Waals surface area contributed by atoms with Gasteiger partial charge in [0.25, 0.3) is 5.56 Å². The second-order valence-electron chi connectivity index (χ2n) is 5.04. The molecule has 3 heterocycles. The van der Waals surface area contributed by atoms with Crippen LogP contribution in [0.4, 0.5) is 0 Å². The van der Waals surface area contributed by atoms with Crippen molar-refractivity contribution in [2.24, 2.45) is 0 Å². The lowest BCUT2D eigenvalue weighted by atomic mass is 10.1. The van der Waals surface area contributed by atoms with Crippen LogP contribution in [-0.2, 0) is 0 Å². The van der Waals surface area contributed by atoms with Crippen molar-refractivity contribution in [3.63, 3.8) is 0 Å². The van der Waals surface area contributed by atoms with Gasteiger partial charge in [-0.2, -0.15) is 0 Å². The molecule has 0 unspecified atom stereocenters. The number of thiophene rings is 2. The van der Waals surface area contributed by atoms with Gasteiger partial charge in [0, 0.05) is 21.4 Å². The van der Waals surface area contributed by atoms with Gasteiger partial charge in [0.15, 0.2) is 0 Å². The molecule has 4 aromatic rings. The summed E-state index contributed by atoms with van der Waals surface area (Å²) in [6.45, 7) is 2.02. The van der Waals surface area contributed by atoms with E-state index in [2.05, 4.69) is 9.97 Å². The van der Waals surface area contributed by atoms with Gasteiger partial charge in [-0.3, -0.25) is 4.79 Å². The van der Waals surface area contributed by atoms with Gasteiger partial charge >= 0.3 is 0 Å². The molecule has 0 aliphatic carbocycles. The van der Waals surface area contributed by atoms with Gasteiger partial charge < -0.3 is 4.98 Å². The summed E-state index contributed by atoms with van der Waals surface area (Å²) >= 11 is 3.15. The van der Waals surface area contributed by atoms with Crippen LogP contribution >= 0.6 is 22.7 Å². The SMILES string of the molecule is Cc1ccccc1-c1nc2scc(-c3cccs3)c2c(=O)[nH]1. The number of hydrogen-bond acceptors (Lipinski definition) is 4. The van der Waals surface area contributed by atoms with E-state index in [0.717, 1.165) is 26.4 Å². The molecule has 0 saturated heterocycles. The van der Waals surface area contributed by atoms with Crippen molar-refractivity contribution in [1.29, 1.82) is 0 Å². The molecule has 0 saturated carbocycles. The zero-order valence-electron chi connectivity index (χ0n) is 11.8. The van der Waals surface area contributed by atoms with Gasteiger partial charge in [-0.15, -0.1) is 22.7 Å². The van der Waals surface area contributed by atoms with Crippen LogP contribution in [0.3, 0.4) is 0 Å². The number of benzene rings is 1. The van der Waals surface area contributed by atoms with E-state index in [4.69, 9.17) is 0 Å². The van der Waals surface area contributed by atoms with Gasteiger partial charge in [0.2, 0.25) is 0 Å². The van der Waals surface area contributed by atoms with Crippen LogP contribution in [0, 0.1) is 6.92 Å². The number of aromatic nitrogens is 2. The van der Waals surface area contributed by atoms with Crippen molar-refractivity contribution >= 4 is 32.9 Å². The topological polar surface area (TPSA) is 45.8 Å². The first kappa shape index (κ1) is 13.4. The molecule has 4 rings (SSSR count). The number of aromatic amines is 1.